The van der Waals surface area contributed by atoms with Crippen LogP contribution in [0.15, 0.2) is 53.6 Å². The van der Waals surface area contributed by atoms with Gasteiger partial charge in [0.2, 0.25) is 15.9 Å². The summed E-state index contributed by atoms with van der Waals surface area (Å²) in [5, 5.41) is 3.88. The maximum absolute atomic E-state index is 12.3. The summed E-state index contributed by atoms with van der Waals surface area (Å²) in [5.41, 5.74) is 3.21. The lowest BCUT2D eigenvalue weighted by molar-refractivity contribution is -0.116. The van der Waals surface area contributed by atoms with Crippen LogP contribution in [-0.4, -0.2) is 26.4 Å². The van der Waals surface area contributed by atoms with Crippen LogP contribution in [0.5, 0.6) is 0 Å². The van der Waals surface area contributed by atoms with E-state index < -0.39 is 10.0 Å². The standard InChI is InChI=1S/C19H21N3O3S/c1-13-7-9-15(11-18(13)26(24,25)20-2)22-19(23)10-8-14-12-21-17-6-4-3-5-16(14)17/h3-7,9,11-12,20-21H,8,10H2,1-2H3,(H,22,23). The molecule has 0 saturated heterocycles. The molecule has 136 valence electrons. The van der Waals surface area contributed by atoms with Crippen molar-refractivity contribution in [2.24, 2.45) is 0 Å². The molecule has 1 amide bonds. The second-order valence-electron chi connectivity index (χ2n) is 6.10. The molecule has 3 N–H and O–H groups in total. The highest BCUT2D eigenvalue weighted by atomic mass is 32.2. The zero-order valence-electron chi connectivity index (χ0n) is 14.7. The fourth-order valence-corrected chi connectivity index (χ4v) is 3.88. The molecule has 0 radical (unpaired) electrons. The molecule has 3 rings (SSSR count). The van der Waals surface area contributed by atoms with Crippen LogP contribution in [0.1, 0.15) is 17.5 Å². The summed E-state index contributed by atoms with van der Waals surface area (Å²) in [6.45, 7) is 1.72. The number of para-hydroxylation sites is 1. The molecule has 0 aliphatic carbocycles. The van der Waals surface area contributed by atoms with E-state index in [1.807, 2.05) is 30.5 Å². The lowest BCUT2D eigenvalue weighted by atomic mass is 10.1. The first-order valence-electron chi connectivity index (χ1n) is 8.30. The van der Waals surface area contributed by atoms with E-state index in [4.69, 9.17) is 0 Å². The second kappa shape index (κ2) is 7.31. The number of hydrogen-bond acceptors (Lipinski definition) is 3. The number of nitrogens with one attached hydrogen (secondary N) is 3. The van der Waals surface area contributed by atoms with Crippen LogP contribution in [0.25, 0.3) is 10.9 Å². The molecule has 3 aromatic rings. The van der Waals surface area contributed by atoms with Crippen molar-refractivity contribution in [3.05, 3.63) is 59.8 Å². The minimum atomic E-state index is -3.56. The van der Waals surface area contributed by atoms with Gasteiger partial charge in [0, 0.05) is 29.2 Å². The van der Waals surface area contributed by atoms with Crippen molar-refractivity contribution < 1.29 is 13.2 Å². The number of anilines is 1. The van der Waals surface area contributed by atoms with Crippen molar-refractivity contribution in [1.82, 2.24) is 9.71 Å². The third-order valence-corrected chi connectivity index (χ3v) is 5.88. The zero-order valence-corrected chi connectivity index (χ0v) is 15.5. The number of carbonyl (C=O) groups excluding carboxylic acids is 1. The first-order chi connectivity index (χ1) is 12.4. The molecule has 0 bridgehead atoms. The Morgan fingerprint density at radius 3 is 2.69 bits per heavy atom. The number of rotatable bonds is 6. The van der Waals surface area contributed by atoms with Gasteiger partial charge in [-0.15, -0.1) is 0 Å². The molecular weight excluding hydrogens is 350 g/mol. The monoisotopic (exact) mass is 371 g/mol. The fraction of sp³-hybridized carbons (Fsp3) is 0.211. The molecular formula is C19H21N3O3S. The van der Waals surface area contributed by atoms with E-state index >= 15 is 0 Å². The number of H-pyrrole nitrogens is 1. The van der Waals surface area contributed by atoms with E-state index in [0.717, 1.165) is 16.5 Å². The maximum Gasteiger partial charge on any atom is 0.240 e. The molecule has 1 heterocycles. The third-order valence-electron chi connectivity index (χ3n) is 4.33. The van der Waals surface area contributed by atoms with Gasteiger partial charge in [-0.25, -0.2) is 13.1 Å². The van der Waals surface area contributed by atoms with Crippen LogP contribution < -0.4 is 10.0 Å². The molecule has 1 aromatic heterocycles. The summed E-state index contributed by atoms with van der Waals surface area (Å²) >= 11 is 0. The molecule has 0 fully saturated rings. The predicted octanol–water partition coefficient (Wildman–Crippen LogP) is 2.96. The minimum Gasteiger partial charge on any atom is -0.361 e. The van der Waals surface area contributed by atoms with Gasteiger partial charge in [-0.2, -0.15) is 0 Å². The van der Waals surface area contributed by atoms with Gasteiger partial charge in [0.15, 0.2) is 0 Å². The van der Waals surface area contributed by atoms with Crippen LogP contribution in [0.2, 0.25) is 0 Å². The second-order valence-corrected chi connectivity index (χ2v) is 7.95. The SMILES string of the molecule is CNS(=O)(=O)c1cc(NC(=O)CCc2c[nH]c3ccccc23)ccc1C. The molecule has 7 heteroatoms. The molecule has 0 aliphatic heterocycles. The van der Waals surface area contributed by atoms with Crippen molar-refractivity contribution in [2.75, 3.05) is 12.4 Å². The smallest absolute Gasteiger partial charge is 0.240 e. The number of sulfonamides is 1. The average Bonchev–Trinajstić information content (AvgIpc) is 3.04. The van der Waals surface area contributed by atoms with E-state index in [9.17, 15) is 13.2 Å². The lowest BCUT2D eigenvalue weighted by Gasteiger charge is -2.10. The number of aromatic amines is 1. The molecule has 6 nitrogen and oxygen atoms in total. The summed E-state index contributed by atoms with van der Waals surface area (Å²) in [5.74, 6) is -0.160. The zero-order chi connectivity index (χ0) is 18.7. The van der Waals surface area contributed by atoms with E-state index in [1.54, 1.807) is 19.1 Å². The number of aryl methyl sites for hydroxylation is 2. The Morgan fingerprint density at radius 2 is 1.92 bits per heavy atom. The summed E-state index contributed by atoms with van der Waals surface area (Å²) in [6.07, 6.45) is 2.83. The van der Waals surface area contributed by atoms with E-state index in [-0.39, 0.29) is 10.8 Å². The Balaban J connectivity index is 1.70. The lowest BCUT2D eigenvalue weighted by Crippen LogP contribution is -2.20. The van der Waals surface area contributed by atoms with Crippen LogP contribution >= 0.6 is 0 Å². The van der Waals surface area contributed by atoms with Crippen molar-refractivity contribution in [1.29, 1.82) is 0 Å². The quantitative estimate of drug-likeness (QED) is 0.622. The molecule has 0 aliphatic rings. The summed E-state index contributed by atoms with van der Waals surface area (Å²) < 4.78 is 26.4. The molecule has 0 unspecified atom stereocenters. The Labute approximate surface area is 152 Å². The molecule has 0 saturated carbocycles. The molecule has 0 atom stereocenters. The van der Waals surface area contributed by atoms with E-state index in [2.05, 4.69) is 15.0 Å². The normalized spacial score (nSPS) is 11.6. The topological polar surface area (TPSA) is 91.1 Å². The maximum atomic E-state index is 12.3. The minimum absolute atomic E-state index is 0.160. The average molecular weight is 371 g/mol. The van der Waals surface area contributed by atoms with Crippen molar-refractivity contribution in [2.45, 2.75) is 24.7 Å². The summed E-state index contributed by atoms with van der Waals surface area (Å²) in [4.78, 5) is 15.6. The van der Waals surface area contributed by atoms with Crippen LogP contribution in [0.4, 0.5) is 5.69 Å². The highest BCUT2D eigenvalue weighted by molar-refractivity contribution is 7.89. The van der Waals surface area contributed by atoms with Gasteiger partial charge < -0.3 is 10.3 Å². The van der Waals surface area contributed by atoms with Crippen molar-refractivity contribution in [3.8, 4) is 0 Å². The summed E-state index contributed by atoms with van der Waals surface area (Å²) in [7, 11) is -2.20. The van der Waals surface area contributed by atoms with Crippen LogP contribution in [0, 0.1) is 6.92 Å². The van der Waals surface area contributed by atoms with Crippen LogP contribution in [0.3, 0.4) is 0 Å². The highest BCUT2D eigenvalue weighted by Gasteiger charge is 2.16. The number of fused-ring (bicyclic) bond motifs is 1. The number of benzene rings is 2. The Hall–Kier alpha value is -2.64. The molecule has 26 heavy (non-hydrogen) atoms. The van der Waals surface area contributed by atoms with Crippen molar-refractivity contribution >= 4 is 32.5 Å². The van der Waals surface area contributed by atoms with Gasteiger partial charge in [0.05, 0.1) is 4.90 Å². The van der Waals surface area contributed by atoms with Crippen LogP contribution in [-0.2, 0) is 21.2 Å². The van der Waals surface area contributed by atoms with Gasteiger partial charge >= 0.3 is 0 Å². The van der Waals surface area contributed by atoms with E-state index in [1.165, 1.54) is 13.1 Å². The van der Waals surface area contributed by atoms with Gasteiger partial charge in [-0.05, 0) is 49.7 Å². The number of aromatic nitrogens is 1. The fourth-order valence-electron chi connectivity index (χ4n) is 2.89. The first kappa shape index (κ1) is 18.2. The highest BCUT2D eigenvalue weighted by Crippen LogP contribution is 2.21. The molecule has 2 aromatic carbocycles. The van der Waals surface area contributed by atoms with Gasteiger partial charge in [-0.3, -0.25) is 4.79 Å². The van der Waals surface area contributed by atoms with Gasteiger partial charge in [-0.1, -0.05) is 24.3 Å². The Kier molecular flexibility index (Phi) is 5.11. The Bertz CT molecular complexity index is 1050. The Morgan fingerprint density at radius 1 is 1.15 bits per heavy atom. The third kappa shape index (κ3) is 3.79. The largest absolute Gasteiger partial charge is 0.361 e. The van der Waals surface area contributed by atoms with Gasteiger partial charge in [0.1, 0.15) is 0 Å². The van der Waals surface area contributed by atoms with Gasteiger partial charge in [0.25, 0.3) is 0 Å². The number of hydrogen-bond donors (Lipinski definition) is 3. The van der Waals surface area contributed by atoms with Crippen molar-refractivity contribution in [3.63, 3.8) is 0 Å². The summed E-state index contributed by atoms with van der Waals surface area (Å²) in [6, 6.07) is 12.8. The predicted molar refractivity (Wildman–Crippen MR) is 103 cm³/mol. The number of amides is 1. The first-order valence-corrected chi connectivity index (χ1v) is 9.78. The van der Waals surface area contributed by atoms with E-state index in [0.29, 0.717) is 24.1 Å². The molecule has 0 spiro atoms. The number of carbonyl (C=O) groups is 1.